The van der Waals surface area contributed by atoms with Gasteiger partial charge in [-0.1, -0.05) is 6.07 Å². The van der Waals surface area contributed by atoms with Gasteiger partial charge in [-0.2, -0.15) is 5.26 Å². The van der Waals surface area contributed by atoms with E-state index in [-0.39, 0.29) is 0 Å². The van der Waals surface area contributed by atoms with Crippen LogP contribution in [0.25, 0.3) is 11.1 Å². The molecule has 0 unspecified atom stereocenters. The van der Waals surface area contributed by atoms with Crippen LogP contribution in [0.2, 0.25) is 0 Å². The number of benzene rings is 1. The van der Waals surface area contributed by atoms with Crippen molar-refractivity contribution in [2.24, 2.45) is 0 Å². The van der Waals surface area contributed by atoms with Gasteiger partial charge in [-0.15, -0.1) is 0 Å². The van der Waals surface area contributed by atoms with Crippen LogP contribution in [-0.4, -0.2) is 18.2 Å². The normalized spacial score (nSPS) is 13.7. The molecule has 1 aliphatic heterocycles. The summed E-state index contributed by atoms with van der Waals surface area (Å²) < 4.78 is 11.2. The Hall–Kier alpha value is -2.41. The van der Waals surface area contributed by atoms with Crippen molar-refractivity contribution in [3.63, 3.8) is 0 Å². The standard InChI is InChI=1S/C14H12N2O2/c15-7-11-8-16-9-12(11)10-2-3-13-14(6-10)18-5-1-4-17-13/h2-3,6,8-9,16H,1,4-5H2. The molecule has 0 saturated carbocycles. The molecule has 0 spiro atoms. The Bertz CT molecular complexity index is 610. The fourth-order valence-electron chi connectivity index (χ4n) is 2.03. The van der Waals surface area contributed by atoms with Crippen molar-refractivity contribution >= 4 is 0 Å². The van der Waals surface area contributed by atoms with Gasteiger partial charge >= 0.3 is 0 Å². The summed E-state index contributed by atoms with van der Waals surface area (Å²) >= 11 is 0. The first kappa shape index (κ1) is 10.7. The highest BCUT2D eigenvalue weighted by Gasteiger charge is 2.13. The summed E-state index contributed by atoms with van der Waals surface area (Å²) in [7, 11) is 0. The van der Waals surface area contributed by atoms with Crippen LogP contribution >= 0.6 is 0 Å². The molecule has 2 aromatic rings. The van der Waals surface area contributed by atoms with E-state index in [2.05, 4.69) is 11.1 Å². The van der Waals surface area contributed by atoms with Crippen molar-refractivity contribution in [3.05, 3.63) is 36.2 Å². The average molecular weight is 240 g/mol. The number of hydrogen-bond acceptors (Lipinski definition) is 3. The topological polar surface area (TPSA) is 58.0 Å². The lowest BCUT2D eigenvalue weighted by atomic mass is 10.0. The molecule has 0 amide bonds. The number of nitriles is 1. The van der Waals surface area contributed by atoms with E-state index in [4.69, 9.17) is 14.7 Å². The second kappa shape index (κ2) is 4.46. The molecule has 18 heavy (non-hydrogen) atoms. The SMILES string of the molecule is N#Cc1c[nH]cc1-c1ccc2c(c1)OCCCO2. The number of ether oxygens (including phenoxy) is 2. The molecule has 0 fully saturated rings. The predicted molar refractivity (Wildman–Crippen MR) is 66.6 cm³/mol. The minimum absolute atomic E-state index is 0.629. The molecule has 1 aliphatic rings. The highest BCUT2D eigenvalue weighted by molar-refractivity contribution is 5.72. The van der Waals surface area contributed by atoms with Crippen LogP contribution in [-0.2, 0) is 0 Å². The van der Waals surface area contributed by atoms with Gasteiger partial charge in [-0.3, -0.25) is 0 Å². The van der Waals surface area contributed by atoms with Crippen molar-refractivity contribution in [2.45, 2.75) is 6.42 Å². The molecule has 1 aromatic carbocycles. The molecule has 90 valence electrons. The third-order valence-electron chi connectivity index (χ3n) is 2.92. The van der Waals surface area contributed by atoms with Gasteiger partial charge in [0.25, 0.3) is 0 Å². The second-order valence-electron chi connectivity index (χ2n) is 4.11. The van der Waals surface area contributed by atoms with E-state index < -0.39 is 0 Å². The number of rotatable bonds is 1. The average Bonchev–Trinajstić information content (AvgIpc) is 2.76. The quantitative estimate of drug-likeness (QED) is 0.833. The van der Waals surface area contributed by atoms with Crippen molar-refractivity contribution in [3.8, 4) is 28.7 Å². The summed E-state index contributed by atoms with van der Waals surface area (Å²) in [6.07, 6.45) is 4.40. The van der Waals surface area contributed by atoms with Crippen molar-refractivity contribution in [1.82, 2.24) is 4.98 Å². The summed E-state index contributed by atoms with van der Waals surface area (Å²) in [4.78, 5) is 2.95. The largest absolute Gasteiger partial charge is 0.490 e. The molecule has 0 atom stereocenters. The number of H-pyrrole nitrogens is 1. The summed E-state index contributed by atoms with van der Waals surface area (Å²) in [5, 5.41) is 9.03. The smallest absolute Gasteiger partial charge is 0.161 e. The molecule has 0 aliphatic carbocycles. The first-order valence-corrected chi connectivity index (χ1v) is 5.85. The number of aromatic nitrogens is 1. The highest BCUT2D eigenvalue weighted by atomic mass is 16.5. The lowest BCUT2D eigenvalue weighted by Gasteiger charge is -2.08. The Morgan fingerprint density at radius 1 is 1.11 bits per heavy atom. The van der Waals surface area contributed by atoms with Crippen LogP contribution in [0.15, 0.2) is 30.6 Å². The van der Waals surface area contributed by atoms with Crippen LogP contribution in [0, 0.1) is 11.3 Å². The van der Waals surface area contributed by atoms with Crippen LogP contribution in [0.1, 0.15) is 12.0 Å². The van der Waals surface area contributed by atoms with Gasteiger partial charge in [0.15, 0.2) is 11.5 Å². The molecule has 4 heteroatoms. The minimum atomic E-state index is 0.629. The van der Waals surface area contributed by atoms with Crippen LogP contribution in [0.4, 0.5) is 0 Å². The van der Waals surface area contributed by atoms with Gasteiger partial charge in [-0.25, -0.2) is 0 Å². The fraction of sp³-hybridized carbons (Fsp3) is 0.214. The Morgan fingerprint density at radius 2 is 1.94 bits per heavy atom. The van der Waals surface area contributed by atoms with Gasteiger partial charge in [-0.05, 0) is 17.7 Å². The predicted octanol–water partition coefficient (Wildman–Crippen LogP) is 2.71. The summed E-state index contributed by atoms with van der Waals surface area (Å²) in [5.41, 5.74) is 2.47. The number of fused-ring (bicyclic) bond motifs is 1. The Balaban J connectivity index is 2.05. The zero-order valence-corrected chi connectivity index (χ0v) is 9.77. The monoisotopic (exact) mass is 240 g/mol. The van der Waals surface area contributed by atoms with Gasteiger partial charge in [0, 0.05) is 24.4 Å². The Kier molecular flexibility index (Phi) is 2.66. The molecule has 4 nitrogen and oxygen atoms in total. The maximum absolute atomic E-state index is 9.03. The van der Waals surface area contributed by atoms with E-state index in [1.165, 1.54) is 0 Å². The van der Waals surface area contributed by atoms with Gasteiger partial charge in [0.05, 0.1) is 18.8 Å². The molecule has 0 radical (unpaired) electrons. The van der Waals surface area contributed by atoms with E-state index in [1.807, 2.05) is 24.4 Å². The lowest BCUT2D eigenvalue weighted by molar-refractivity contribution is 0.297. The Labute approximate surface area is 105 Å². The summed E-state index contributed by atoms with van der Waals surface area (Å²) in [6, 6.07) is 7.92. The van der Waals surface area contributed by atoms with Crippen molar-refractivity contribution in [2.75, 3.05) is 13.2 Å². The van der Waals surface area contributed by atoms with E-state index in [1.54, 1.807) is 6.20 Å². The van der Waals surface area contributed by atoms with Crippen LogP contribution < -0.4 is 9.47 Å². The lowest BCUT2D eigenvalue weighted by Crippen LogP contribution is -1.97. The summed E-state index contributed by atoms with van der Waals surface area (Å²) in [5.74, 6) is 1.51. The number of hydrogen-bond donors (Lipinski definition) is 1. The minimum Gasteiger partial charge on any atom is -0.490 e. The number of nitrogens with zero attached hydrogens (tertiary/aromatic N) is 1. The third-order valence-corrected chi connectivity index (χ3v) is 2.92. The molecule has 1 aromatic heterocycles. The maximum Gasteiger partial charge on any atom is 0.161 e. The maximum atomic E-state index is 9.03. The summed E-state index contributed by atoms with van der Waals surface area (Å²) in [6.45, 7) is 1.34. The molecule has 0 saturated heterocycles. The van der Waals surface area contributed by atoms with E-state index >= 15 is 0 Å². The van der Waals surface area contributed by atoms with Gasteiger partial charge < -0.3 is 14.5 Å². The molecule has 0 bridgehead atoms. The first-order chi connectivity index (χ1) is 8.88. The fourth-order valence-corrected chi connectivity index (χ4v) is 2.03. The highest BCUT2D eigenvalue weighted by Crippen LogP contribution is 2.35. The van der Waals surface area contributed by atoms with E-state index in [0.29, 0.717) is 18.8 Å². The third kappa shape index (κ3) is 1.80. The van der Waals surface area contributed by atoms with Crippen LogP contribution in [0.5, 0.6) is 11.5 Å². The van der Waals surface area contributed by atoms with Crippen LogP contribution in [0.3, 0.4) is 0 Å². The van der Waals surface area contributed by atoms with Crippen molar-refractivity contribution in [1.29, 1.82) is 5.26 Å². The molecular formula is C14H12N2O2. The number of nitrogens with one attached hydrogen (secondary N) is 1. The zero-order valence-electron chi connectivity index (χ0n) is 9.77. The van der Waals surface area contributed by atoms with E-state index in [0.717, 1.165) is 29.0 Å². The molecule has 2 heterocycles. The number of aromatic amines is 1. The van der Waals surface area contributed by atoms with Gasteiger partial charge in [0.2, 0.25) is 0 Å². The molecule has 1 N–H and O–H groups in total. The zero-order chi connectivity index (χ0) is 12.4. The van der Waals surface area contributed by atoms with Crippen molar-refractivity contribution < 1.29 is 9.47 Å². The Morgan fingerprint density at radius 3 is 2.78 bits per heavy atom. The van der Waals surface area contributed by atoms with E-state index in [9.17, 15) is 0 Å². The second-order valence-corrected chi connectivity index (χ2v) is 4.11. The molecule has 3 rings (SSSR count). The molecular weight excluding hydrogens is 228 g/mol. The first-order valence-electron chi connectivity index (χ1n) is 5.85. The van der Waals surface area contributed by atoms with Gasteiger partial charge in [0.1, 0.15) is 6.07 Å².